The molecular formula is C34H33N5O5. The lowest BCUT2D eigenvalue weighted by Crippen LogP contribution is -2.55. The monoisotopic (exact) mass is 591 g/mol. The van der Waals surface area contributed by atoms with E-state index in [1.165, 1.54) is 0 Å². The summed E-state index contributed by atoms with van der Waals surface area (Å²) in [7, 11) is 0. The number of ether oxygens (including phenoxy) is 2. The summed E-state index contributed by atoms with van der Waals surface area (Å²) in [6, 6.07) is 35.4. The van der Waals surface area contributed by atoms with Gasteiger partial charge in [-0.3, -0.25) is 14.6 Å². The third-order valence-corrected chi connectivity index (χ3v) is 6.92. The van der Waals surface area contributed by atoms with Crippen LogP contribution >= 0.6 is 0 Å². The molecule has 44 heavy (non-hydrogen) atoms. The van der Waals surface area contributed by atoms with Crippen LogP contribution in [0, 0.1) is 0 Å². The second kappa shape index (κ2) is 14.6. The lowest BCUT2D eigenvalue weighted by Gasteiger charge is -2.41. The highest BCUT2D eigenvalue weighted by Crippen LogP contribution is 2.29. The number of rotatable bonds is 10. The number of aliphatic imine (C=N–C) groups is 1. The van der Waals surface area contributed by atoms with Crippen molar-refractivity contribution in [2.75, 3.05) is 18.2 Å². The molecule has 0 spiro atoms. The first kappa shape index (κ1) is 30.0. The third-order valence-electron chi connectivity index (χ3n) is 6.92. The van der Waals surface area contributed by atoms with Crippen molar-refractivity contribution in [2.45, 2.75) is 25.7 Å². The molecule has 3 N–H and O–H groups in total. The number of anilines is 2. The van der Waals surface area contributed by atoms with Crippen molar-refractivity contribution in [3.8, 4) is 0 Å². The van der Waals surface area contributed by atoms with E-state index < -0.39 is 12.2 Å². The van der Waals surface area contributed by atoms with Gasteiger partial charge in [0.15, 0.2) is 0 Å². The molecule has 0 bridgehead atoms. The molecule has 0 radical (unpaired) electrons. The average molecular weight is 592 g/mol. The van der Waals surface area contributed by atoms with Gasteiger partial charge in [-0.15, -0.1) is 0 Å². The summed E-state index contributed by atoms with van der Waals surface area (Å²) in [5, 5.41) is 6.34. The largest absolute Gasteiger partial charge is 0.443 e. The minimum absolute atomic E-state index is 0.0243. The molecule has 4 aromatic rings. The quantitative estimate of drug-likeness (QED) is 0.202. The molecule has 1 atom stereocenters. The number of nitrogens with zero attached hydrogens (tertiary/aromatic N) is 3. The van der Waals surface area contributed by atoms with Gasteiger partial charge in [-0.2, -0.15) is 4.99 Å². The van der Waals surface area contributed by atoms with Crippen molar-refractivity contribution in [2.24, 2.45) is 10.7 Å². The van der Waals surface area contributed by atoms with E-state index in [0.717, 1.165) is 22.5 Å². The first-order valence-corrected chi connectivity index (χ1v) is 14.2. The number of nitrogens with one attached hydrogen (secondary N) is 1. The predicted molar refractivity (Wildman–Crippen MR) is 167 cm³/mol. The summed E-state index contributed by atoms with van der Waals surface area (Å²) in [5.74, 6) is -0.584. The molecule has 1 fully saturated rings. The number of carbonyl (C=O) groups is 3. The van der Waals surface area contributed by atoms with Crippen LogP contribution in [-0.2, 0) is 32.2 Å². The SMILES string of the molecule is N/C(=N\C(=O)OCc1ccccc1)c1ccc(CNC(=O)CC2OCCN(N(c3ccccc3)c3ccccc3)C2=O)cc1. The molecule has 5 rings (SSSR count). The zero-order chi connectivity index (χ0) is 30.7. The number of carbonyl (C=O) groups excluding carboxylic acids is 3. The van der Waals surface area contributed by atoms with Crippen LogP contribution in [0.4, 0.5) is 16.2 Å². The van der Waals surface area contributed by atoms with Crippen LogP contribution in [0.1, 0.15) is 23.1 Å². The number of hydrogen-bond acceptors (Lipinski definition) is 6. The van der Waals surface area contributed by atoms with E-state index in [-0.39, 0.29) is 37.2 Å². The minimum Gasteiger partial charge on any atom is -0.443 e. The Labute approximate surface area is 255 Å². The predicted octanol–water partition coefficient (Wildman–Crippen LogP) is 4.72. The Morgan fingerprint density at radius 3 is 2.07 bits per heavy atom. The first-order valence-electron chi connectivity index (χ1n) is 14.2. The Hall–Kier alpha value is -5.48. The highest BCUT2D eigenvalue weighted by Gasteiger charge is 2.35. The van der Waals surface area contributed by atoms with Crippen molar-refractivity contribution >= 4 is 35.1 Å². The van der Waals surface area contributed by atoms with Gasteiger partial charge >= 0.3 is 6.09 Å². The van der Waals surface area contributed by atoms with Crippen molar-refractivity contribution in [3.05, 3.63) is 132 Å². The maximum atomic E-state index is 13.5. The van der Waals surface area contributed by atoms with Crippen LogP contribution in [0.3, 0.4) is 0 Å². The fourth-order valence-electron chi connectivity index (χ4n) is 4.69. The Bertz CT molecular complexity index is 1540. The van der Waals surface area contributed by atoms with Gasteiger partial charge in [-0.05, 0) is 35.4 Å². The fourth-order valence-corrected chi connectivity index (χ4v) is 4.69. The van der Waals surface area contributed by atoms with Crippen molar-refractivity contribution in [3.63, 3.8) is 0 Å². The summed E-state index contributed by atoms with van der Waals surface area (Å²) < 4.78 is 10.9. The van der Waals surface area contributed by atoms with E-state index in [1.54, 1.807) is 29.3 Å². The lowest BCUT2D eigenvalue weighted by molar-refractivity contribution is -0.155. The third kappa shape index (κ3) is 7.87. The number of amides is 3. The molecule has 0 aromatic heterocycles. The van der Waals surface area contributed by atoms with Crippen LogP contribution in [0.25, 0.3) is 0 Å². The van der Waals surface area contributed by atoms with Gasteiger partial charge in [0.05, 0.1) is 30.9 Å². The molecule has 4 aromatic carbocycles. The van der Waals surface area contributed by atoms with Gasteiger partial charge < -0.3 is 20.5 Å². The molecule has 1 heterocycles. The molecule has 0 aliphatic carbocycles. The standard InChI is InChI=1S/C34H33N5O5/c35-32(37-34(42)44-24-26-10-4-1-5-11-26)27-18-16-25(17-19-27)23-36-31(40)22-30-33(41)38(20-21-43-30)39(28-12-6-2-7-13-28)29-14-8-3-9-15-29/h1-19,30H,20-24H2,(H,36,40)(H2,35,37,42). The molecule has 10 nitrogen and oxygen atoms in total. The zero-order valence-corrected chi connectivity index (χ0v) is 24.0. The van der Waals surface area contributed by atoms with Crippen molar-refractivity contribution in [1.82, 2.24) is 10.3 Å². The number of morpholine rings is 1. The van der Waals surface area contributed by atoms with E-state index in [2.05, 4.69) is 10.3 Å². The molecule has 1 aliphatic heterocycles. The second-order valence-electron chi connectivity index (χ2n) is 10.0. The van der Waals surface area contributed by atoms with E-state index in [1.807, 2.05) is 96.0 Å². The molecule has 1 unspecified atom stereocenters. The van der Waals surface area contributed by atoms with E-state index in [4.69, 9.17) is 15.2 Å². The first-order chi connectivity index (χ1) is 21.5. The average Bonchev–Trinajstić information content (AvgIpc) is 3.06. The molecule has 10 heteroatoms. The van der Waals surface area contributed by atoms with Crippen LogP contribution in [0.5, 0.6) is 0 Å². The summed E-state index contributed by atoms with van der Waals surface area (Å²) in [5.41, 5.74) is 9.84. The summed E-state index contributed by atoms with van der Waals surface area (Å²) >= 11 is 0. The van der Waals surface area contributed by atoms with E-state index in [0.29, 0.717) is 18.7 Å². The van der Waals surface area contributed by atoms with Gasteiger partial charge in [-0.1, -0.05) is 91.0 Å². The normalized spacial score (nSPS) is 15.0. The summed E-state index contributed by atoms with van der Waals surface area (Å²) in [6.07, 6.45) is -1.81. The van der Waals surface area contributed by atoms with Gasteiger partial charge in [0.2, 0.25) is 5.91 Å². The van der Waals surface area contributed by atoms with Crippen LogP contribution in [0.2, 0.25) is 0 Å². The van der Waals surface area contributed by atoms with Gasteiger partial charge in [0, 0.05) is 12.1 Å². The van der Waals surface area contributed by atoms with E-state index >= 15 is 0 Å². The Morgan fingerprint density at radius 1 is 0.864 bits per heavy atom. The highest BCUT2D eigenvalue weighted by atomic mass is 16.5. The lowest BCUT2D eigenvalue weighted by atomic mass is 10.1. The Kier molecular flexibility index (Phi) is 9.96. The highest BCUT2D eigenvalue weighted by molar-refractivity contribution is 6.02. The minimum atomic E-state index is -0.918. The summed E-state index contributed by atoms with van der Waals surface area (Å²) in [6.45, 7) is 0.983. The van der Waals surface area contributed by atoms with Gasteiger partial charge in [-0.25, -0.2) is 9.80 Å². The topological polar surface area (TPSA) is 127 Å². The number of amidine groups is 1. The smallest absolute Gasteiger partial charge is 0.435 e. The maximum Gasteiger partial charge on any atom is 0.435 e. The number of benzene rings is 4. The van der Waals surface area contributed by atoms with Gasteiger partial charge in [0.1, 0.15) is 18.5 Å². The van der Waals surface area contributed by atoms with Crippen LogP contribution in [-0.4, -0.2) is 48.0 Å². The Balaban J connectivity index is 1.14. The Morgan fingerprint density at radius 2 is 1.45 bits per heavy atom. The maximum absolute atomic E-state index is 13.5. The molecule has 224 valence electrons. The number of para-hydroxylation sites is 2. The van der Waals surface area contributed by atoms with Crippen molar-refractivity contribution < 1.29 is 23.9 Å². The number of nitrogens with two attached hydrogens (primary N) is 1. The van der Waals surface area contributed by atoms with Crippen molar-refractivity contribution in [1.29, 1.82) is 0 Å². The molecular weight excluding hydrogens is 558 g/mol. The molecule has 1 aliphatic rings. The summed E-state index contributed by atoms with van der Waals surface area (Å²) in [4.78, 5) is 42.2. The van der Waals surface area contributed by atoms with Crippen LogP contribution < -0.4 is 16.1 Å². The van der Waals surface area contributed by atoms with E-state index in [9.17, 15) is 14.4 Å². The van der Waals surface area contributed by atoms with Gasteiger partial charge in [0.25, 0.3) is 5.91 Å². The second-order valence-corrected chi connectivity index (χ2v) is 10.0. The van der Waals surface area contributed by atoms with Crippen LogP contribution in [0.15, 0.2) is 120 Å². The molecule has 3 amide bonds. The molecule has 0 saturated carbocycles. The zero-order valence-electron chi connectivity index (χ0n) is 24.0. The number of hydrazine groups is 1. The molecule has 1 saturated heterocycles. The number of hydrogen-bond donors (Lipinski definition) is 2. The fraction of sp³-hybridized carbons (Fsp3) is 0.176.